The van der Waals surface area contributed by atoms with Crippen LogP contribution < -0.4 is 5.32 Å². The molecule has 9 nitrogen and oxygen atoms in total. The zero-order valence-corrected chi connectivity index (χ0v) is 17.4. The van der Waals surface area contributed by atoms with Crippen molar-refractivity contribution in [3.63, 3.8) is 0 Å². The number of aromatic nitrogens is 4. The maximum atomic E-state index is 13.1. The van der Waals surface area contributed by atoms with Crippen molar-refractivity contribution >= 4 is 15.9 Å². The molecule has 0 unspecified atom stereocenters. The number of carbonyl (C=O) groups is 1. The summed E-state index contributed by atoms with van der Waals surface area (Å²) >= 11 is 0. The molecule has 2 heterocycles. The molecule has 0 bridgehead atoms. The van der Waals surface area contributed by atoms with Gasteiger partial charge >= 0.3 is 0 Å². The molecule has 1 atom stereocenters. The highest BCUT2D eigenvalue weighted by molar-refractivity contribution is 7.89. The molecule has 0 aliphatic carbocycles. The van der Waals surface area contributed by atoms with Crippen LogP contribution in [0.2, 0.25) is 0 Å². The molecule has 1 fully saturated rings. The number of rotatable bonds is 6. The number of benzene rings is 2. The third-order valence-corrected chi connectivity index (χ3v) is 7.10. The summed E-state index contributed by atoms with van der Waals surface area (Å²) in [5.41, 5.74) is 1.42. The maximum Gasteiger partial charge on any atom is 0.243 e. The fourth-order valence-corrected chi connectivity index (χ4v) is 5.03. The first-order chi connectivity index (χ1) is 14.9. The highest BCUT2D eigenvalue weighted by Crippen LogP contribution is 2.24. The Kier molecular flexibility index (Phi) is 6.05. The number of piperidine rings is 1. The molecular weight excluding hydrogens is 423 g/mol. The molecule has 1 saturated heterocycles. The number of halogens is 1. The molecule has 162 valence electrons. The van der Waals surface area contributed by atoms with E-state index in [9.17, 15) is 17.6 Å². The van der Waals surface area contributed by atoms with Gasteiger partial charge in [-0.3, -0.25) is 4.79 Å². The van der Waals surface area contributed by atoms with E-state index in [1.807, 2.05) is 0 Å². The van der Waals surface area contributed by atoms with Crippen molar-refractivity contribution in [3.05, 3.63) is 66.2 Å². The number of hydrogen-bond donors (Lipinski definition) is 1. The molecule has 3 aromatic rings. The number of sulfonamides is 1. The predicted molar refractivity (Wildman–Crippen MR) is 109 cm³/mol. The quantitative estimate of drug-likeness (QED) is 0.617. The number of nitrogens with zero attached hydrogens (tertiary/aromatic N) is 5. The second-order valence-corrected chi connectivity index (χ2v) is 9.23. The van der Waals surface area contributed by atoms with Crippen LogP contribution in [-0.4, -0.2) is 51.9 Å². The topological polar surface area (TPSA) is 110 Å². The van der Waals surface area contributed by atoms with Crippen molar-refractivity contribution in [1.29, 1.82) is 0 Å². The third-order valence-electron chi connectivity index (χ3n) is 5.22. The molecule has 11 heteroatoms. The molecule has 1 aromatic heterocycles. The van der Waals surface area contributed by atoms with E-state index in [0.717, 1.165) is 5.56 Å². The van der Waals surface area contributed by atoms with Crippen LogP contribution in [0.3, 0.4) is 0 Å². The maximum absolute atomic E-state index is 13.1. The molecular formula is C20H21FN6O3S. The van der Waals surface area contributed by atoms with Gasteiger partial charge in [0.1, 0.15) is 12.1 Å². The number of hydrogen-bond acceptors (Lipinski definition) is 6. The van der Waals surface area contributed by atoms with Gasteiger partial charge in [-0.15, -0.1) is 5.10 Å². The van der Waals surface area contributed by atoms with E-state index < -0.39 is 15.9 Å². The zero-order valence-electron chi connectivity index (χ0n) is 16.6. The summed E-state index contributed by atoms with van der Waals surface area (Å²) in [4.78, 5) is 12.7. The Bertz CT molecular complexity index is 1130. The molecule has 1 aliphatic heterocycles. The van der Waals surface area contributed by atoms with Crippen molar-refractivity contribution in [1.82, 2.24) is 29.8 Å². The molecule has 4 rings (SSSR count). The van der Waals surface area contributed by atoms with Crippen molar-refractivity contribution in [2.45, 2.75) is 24.3 Å². The van der Waals surface area contributed by atoms with E-state index in [4.69, 9.17) is 0 Å². The highest BCUT2D eigenvalue weighted by Gasteiger charge is 2.33. The Morgan fingerprint density at radius 1 is 1.13 bits per heavy atom. The van der Waals surface area contributed by atoms with Gasteiger partial charge in [-0.25, -0.2) is 17.5 Å². The first-order valence-electron chi connectivity index (χ1n) is 9.79. The van der Waals surface area contributed by atoms with Crippen LogP contribution in [0.5, 0.6) is 0 Å². The lowest BCUT2D eigenvalue weighted by Crippen LogP contribution is -2.45. The van der Waals surface area contributed by atoms with E-state index in [1.54, 1.807) is 24.3 Å². The van der Waals surface area contributed by atoms with Crippen LogP contribution in [0, 0.1) is 11.7 Å². The third kappa shape index (κ3) is 4.78. The summed E-state index contributed by atoms with van der Waals surface area (Å²) in [6.07, 6.45) is 2.62. The van der Waals surface area contributed by atoms with Crippen LogP contribution in [0.1, 0.15) is 18.4 Å². The SMILES string of the molecule is O=C(NCc1ccc(F)cc1)[C@H]1CCCN(S(=O)(=O)c2ccc(-n3cnnn3)cc2)C1. The van der Waals surface area contributed by atoms with E-state index in [-0.39, 0.29) is 29.7 Å². The van der Waals surface area contributed by atoms with Crippen molar-refractivity contribution in [3.8, 4) is 5.69 Å². The Morgan fingerprint density at radius 2 is 1.87 bits per heavy atom. The lowest BCUT2D eigenvalue weighted by Gasteiger charge is -2.31. The van der Waals surface area contributed by atoms with E-state index in [1.165, 1.54) is 39.6 Å². The minimum absolute atomic E-state index is 0.117. The Hall–Kier alpha value is -3.18. The van der Waals surface area contributed by atoms with Gasteiger partial charge in [0.25, 0.3) is 0 Å². The molecule has 1 aliphatic rings. The van der Waals surface area contributed by atoms with Gasteiger partial charge in [0, 0.05) is 19.6 Å². The fraction of sp³-hybridized carbons (Fsp3) is 0.300. The summed E-state index contributed by atoms with van der Waals surface area (Å²) < 4.78 is 41.9. The molecule has 0 saturated carbocycles. The van der Waals surface area contributed by atoms with E-state index >= 15 is 0 Å². The normalized spacial score (nSPS) is 17.4. The number of carbonyl (C=O) groups excluding carboxylic acids is 1. The first-order valence-corrected chi connectivity index (χ1v) is 11.2. The van der Waals surface area contributed by atoms with Crippen LogP contribution >= 0.6 is 0 Å². The fourth-order valence-electron chi connectivity index (χ4n) is 3.51. The van der Waals surface area contributed by atoms with Gasteiger partial charge in [-0.1, -0.05) is 12.1 Å². The van der Waals surface area contributed by atoms with Gasteiger partial charge in [0.05, 0.1) is 16.5 Å². The summed E-state index contributed by atoms with van der Waals surface area (Å²) in [6, 6.07) is 12.1. The number of nitrogens with one attached hydrogen (secondary N) is 1. The lowest BCUT2D eigenvalue weighted by atomic mass is 9.99. The van der Waals surface area contributed by atoms with E-state index in [2.05, 4.69) is 20.8 Å². The molecule has 31 heavy (non-hydrogen) atoms. The monoisotopic (exact) mass is 444 g/mol. The lowest BCUT2D eigenvalue weighted by molar-refractivity contribution is -0.126. The minimum atomic E-state index is -3.74. The molecule has 1 amide bonds. The summed E-state index contributed by atoms with van der Waals surface area (Å²) in [5.74, 6) is -0.989. The van der Waals surface area contributed by atoms with Gasteiger partial charge < -0.3 is 5.32 Å². The summed E-state index contributed by atoms with van der Waals surface area (Å²) in [6.45, 7) is 0.742. The molecule has 0 radical (unpaired) electrons. The Labute approximate surface area is 178 Å². The summed E-state index contributed by atoms with van der Waals surface area (Å²) in [5, 5.41) is 13.7. The average molecular weight is 444 g/mol. The van der Waals surface area contributed by atoms with Gasteiger partial charge in [-0.2, -0.15) is 4.31 Å². The van der Waals surface area contributed by atoms with Crippen molar-refractivity contribution in [2.75, 3.05) is 13.1 Å². The smallest absolute Gasteiger partial charge is 0.243 e. The van der Waals surface area contributed by atoms with Crippen molar-refractivity contribution in [2.24, 2.45) is 5.92 Å². The molecule has 1 N–H and O–H groups in total. The zero-order chi connectivity index (χ0) is 21.8. The average Bonchev–Trinajstić information content (AvgIpc) is 3.34. The van der Waals surface area contributed by atoms with Crippen molar-refractivity contribution < 1.29 is 17.6 Å². The minimum Gasteiger partial charge on any atom is -0.352 e. The van der Waals surface area contributed by atoms with E-state index in [0.29, 0.717) is 25.1 Å². The molecule has 0 spiro atoms. The van der Waals surface area contributed by atoms with Gasteiger partial charge in [-0.05, 0) is 65.2 Å². The Balaban J connectivity index is 1.40. The predicted octanol–water partition coefficient (Wildman–Crippen LogP) is 1.52. The largest absolute Gasteiger partial charge is 0.352 e. The van der Waals surface area contributed by atoms with Gasteiger partial charge in [0.15, 0.2) is 0 Å². The summed E-state index contributed by atoms with van der Waals surface area (Å²) in [7, 11) is -3.74. The number of tetrazole rings is 1. The van der Waals surface area contributed by atoms with Crippen LogP contribution in [0.25, 0.3) is 5.69 Å². The van der Waals surface area contributed by atoms with Gasteiger partial charge in [0.2, 0.25) is 15.9 Å². The second-order valence-electron chi connectivity index (χ2n) is 7.29. The van der Waals surface area contributed by atoms with Crippen LogP contribution in [0.15, 0.2) is 59.8 Å². The number of amides is 1. The van der Waals surface area contributed by atoms with Crippen LogP contribution in [0.4, 0.5) is 4.39 Å². The molecule has 2 aromatic carbocycles. The highest BCUT2D eigenvalue weighted by atomic mass is 32.2. The Morgan fingerprint density at radius 3 is 2.55 bits per heavy atom. The van der Waals surface area contributed by atoms with Crippen LogP contribution in [-0.2, 0) is 21.4 Å². The second kappa shape index (κ2) is 8.90. The first kappa shape index (κ1) is 21.1. The standard InChI is InChI=1S/C20H21FN6O3S/c21-17-5-3-15(4-6-17)12-22-20(28)16-2-1-11-26(13-16)31(29,30)19-9-7-18(8-10-19)27-14-23-24-25-27/h3-10,14,16H,1-2,11-13H2,(H,22,28)/t16-/m0/s1.